The van der Waals surface area contributed by atoms with Crippen LogP contribution in [0.15, 0.2) is 42.5 Å². The Hall–Kier alpha value is -0.730. The van der Waals surface area contributed by atoms with Gasteiger partial charge in [-0.3, -0.25) is 0 Å². The van der Waals surface area contributed by atoms with Crippen LogP contribution in [0.2, 0.25) is 15.1 Å². The van der Waals surface area contributed by atoms with Crippen molar-refractivity contribution in [2.24, 2.45) is 0 Å². The summed E-state index contributed by atoms with van der Waals surface area (Å²) in [6, 6.07) is 12.0. The second kappa shape index (κ2) is 5.10. The summed E-state index contributed by atoms with van der Waals surface area (Å²) in [7, 11) is 0. The first-order valence-corrected chi connectivity index (χ1v) is 6.48. The maximum absolute atomic E-state index is 10.7. The van der Waals surface area contributed by atoms with Crippen molar-refractivity contribution in [3.05, 3.63) is 68.7 Å². The van der Waals surface area contributed by atoms with Crippen molar-refractivity contribution in [1.82, 2.24) is 0 Å². The third kappa shape index (κ3) is 2.65. The predicted octanol–water partition coefficient (Wildman–Crippen LogP) is 4.90. The largest absolute Gasteiger partial charge is 0.381 e. The Balaban J connectivity index is 2.53. The zero-order chi connectivity index (χ0) is 13.3. The van der Waals surface area contributed by atoms with Gasteiger partial charge in [0, 0.05) is 20.6 Å². The number of hydrogen-bond acceptors (Lipinski definition) is 1. The summed E-state index contributed by atoms with van der Waals surface area (Å²) in [5.74, 6) is 0. The first-order chi connectivity index (χ1) is 8.41. The van der Waals surface area contributed by atoms with E-state index >= 15 is 0 Å². The summed E-state index contributed by atoms with van der Waals surface area (Å²) in [5.41, 5.74) is 0.0575. The molecular weight excluding hydrogens is 291 g/mol. The van der Waals surface area contributed by atoms with Crippen molar-refractivity contribution in [1.29, 1.82) is 0 Å². The van der Waals surface area contributed by atoms with E-state index in [9.17, 15) is 5.11 Å². The quantitative estimate of drug-likeness (QED) is 0.836. The highest BCUT2D eigenvalue weighted by molar-refractivity contribution is 6.33. The van der Waals surface area contributed by atoms with Gasteiger partial charge in [0.1, 0.15) is 5.60 Å². The van der Waals surface area contributed by atoms with E-state index in [0.717, 1.165) is 0 Å². The molecule has 2 aromatic carbocycles. The van der Waals surface area contributed by atoms with E-state index in [4.69, 9.17) is 34.8 Å². The van der Waals surface area contributed by atoms with Crippen molar-refractivity contribution < 1.29 is 5.11 Å². The molecule has 1 N–H and O–H groups in total. The molecule has 2 rings (SSSR count). The lowest BCUT2D eigenvalue weighted by molar-refractivity contribution is 0.102. The van der Waals surface area contributed by atoms with Gasteiger partial charge in [0.15, 0.2) is 0 Å². The number of hydrogen-bond donors (Lipinski definition) is 1. The van der Waals surface area contributed by atoms with Crippen molar-refractivity contribution in [2.45, 2.75) is 12.5 Å². The third-order valence-corrected chi connectivity index (χ3v) is 3.68. The highest BCUT2D eigenvalue weighted by atomic mass is 35.5. The van der Waals surface area contributed by atoms with Crippen molar-refractivity contribution in [2.75, 3.05) is 0 Å². The Morgan fingerprint density at radius 1 is 0.889 bits per heavy atom. The van der Waals surface area contributed by atoms with Crippen LogP contribution in [0.5, 0.6) is 0 Å². The highest BCUT2D eigenvalue weighted by Gasteiger charge is 2.28. The Bertz CT molecular complexity index is 562. The Morgan fingerprint density at radius 3 is 2.06 bits per heavy atom. The molecule has 0 amide bonds. The van der Waals surface area contributed by atoms with Crippen LogP contribution >= 0.6 is 34.8 Å². The minimum absolute atomic E-state index is 0.472. The number of aliphatic hydroxyl groups is 1. The first-order valence-electron chi connectivity index (χ1n) is 5.35. The van der Waals surface area contributed by atoms with Crippen LogP contribution in [0, 0.1) is 0 Å². The Kier molecular flexibility index (Phi) is 3.88. The van der Waals surface area contributed by atoms with Crippen molar-refractivity contribution >= 4 is 34.8 Å². The van der Waals surface area contributed by atoms with Gasteiger partial charge in [-0.1, -0.05) is 46.9 Å². The van der Waals surface area contributed by atoms with E-state index in [1.807, 2.05) is 0 Å². The molecule has 0 saturated carbocycles. The fourth-order valence-corrected chi connectivity index (χ4v) is 2.40. The monoisotopic (exact) mass is 300 g/mol. The molecular formula is C14H11Cl3O. The average molecular weight is 302 g/mol. The summed E-state index contributed by atoms with van der Waals surface area (Å²) in [5, 5.41) is 12.3. The van der Waals surface area contributed by atoms with Gasteiger partial charge in [-0.15, -0.1) is 0 Å². The molecule has 0 aromatic heterocycles. The van der Waals surface area contributed by atoms with Gasteiger partial charge in [-0.25, -0.2) is 0 Å². The maximum Gasteiger partial charge on any atom is 0.113 e. The number of rotatable bonds is 2. The summed E-state index contributed by atoms with van der Waals surface area (Å²) in [6.07, 6.45) is 0. The molecule has 1 nitrogen and oxygen atoms in total. The minimum atomic E-state index is -1.22. The van der Waals surface area contributed by atoms with Gasteiger partial charge in [-0.2, -0.15) is 0 Å². The molecule has 2 aromatic rings. The van der Waals surface area contributed by atoms with E-state index in [0.29, 0.717) is 26.2 Å². The van der Waals surface area contributed by atoms with Crippen LogP contribution in [0.25, 0.3) is 0 Å². The third-order valence-electron chi connectivity index (χ3n) is 2.86. The van der Waals surface area contributed by atoms with E-state index < -0.39 is 5.60 Å². The van der Waals surface area contributed by atoms with Crippen LogP contribution in [-0.4, -0.2) is 5.11 Å². The smallest absolute Gasteiger partial charge is 0.113 e. The van der Waals surface area contributed by atoms with Gasteiger partial charge in [0.25, 0.3) is 0 Å². The topological polar surface area (TPSA) is 20.2 Å². The predicted molar refractivity (Wildman–Crippen MR) is 76.6 cm³/mol. The van der Waals surface area contributed by atoms with Gasteiger partial charge in [-0.05, 0) is 42.8 Å². The van der Waals surface area contributed by atoms with Crippen LogP contribution in [0.1, 0.15) is 18.1 Å². The number of benzene rings is 2. The fraction of sp³-hybridized carbons (Fsp3) is 0.143. The molecule has 0 aliphatic rings. The lowest BCUT2D eigenvalue weighted by Gasteiger charge is -2.25. The highest BCUT2D eigenvalue weighted by Crippen LogP contribution is 2.35. The standard InChI is InChI=1S/C14H11Cl3O/c1-14(18,9-2-4-10(15)5-3-9)12-8-11(16)6-7-13(12)17/h2-8,18H,1H3. The minimum Gasteiger partial charge on any atom is -0.381 e. The summed E-state index contributed by atoms with van der Waals surface area (Å²) in [6.45, 7) is 1.67. The summed E-state index contributed by atoms with van der Waals surface area (Å²) in [4.78, 5) is 0. The molecule has 4 heteroatoms. The van der Waals surface area contributed by atoms with Gasteiger partial charge < -0.3 is 5.11 Å². The SMILES string of the molecule is CC(O)(c1ccc(Cl)cc1)c1cc(Cl)ccc1Cl. The molecule has 0 radical (unpaired) electrons. The maximum atomic E-state index is 10.7. The average Bonchev–Trinajstić information content (AvgIpc) is 2.32. The van der Waals surface area contributed by atoms with E-state index in [1.54, 1.807) is 49.4 Å². The molecule has 0 spiro atoms. The van der Waals surface area contributed by atoms with Gasteiger partial charge in [0.05, 0.1) is 0 Å². The second-order valence-corrected chi connectivity index (χ2v) is 5.48. The molecule has 0 aliphatic heterocycles. The Morgan fingerprint density at radius 2 is 1.44 bits per heavy atom. The van der Waals surface area contributed by atoms with Crippen LogP contribution in [0.3, 0.4) is 0 Å². The van der Waals surface area contributed by atoms with Crippen molar-refractivity contribution in [3.63, 3.8) is 0 Å². The van der Waals surface area contributed by atoms with E-state index in [1.165, 1.54) is 0 Å². The lowest BCUT2D eigenvalue weighted by atomic mass is 9.88. The molecule has 0 heterocycles. The summed E-state index contributed by atoms with van der Waals surface area (Å²) < 4.78 is 0. The van der Waals surface area contributed by atoms with Crippen LogP contribution < -0.4 is 0 Å². The first kappa shape index (κ1) is 13.7. The van der Waals surface area contributed by atoms with E-state index in [-0.39, 0.29) is 0 Å². The van der Waals surface area contributed by atoms with Crippen LogP contribution in [0.4, 0.5) is 0 Å². The fourth-order valence-electron chi connectivity index (χ4n) is 1.80. The molecule has 0 fully saturated rings. The molecule has 94 valence electrons. The second-order valence-electron chi connectivity index (χ2n) is 4.20. The van der Waals surface area contributed by atoms with Crippen molar-refractivity contribution in [3.8, 4) is 0 Å². The molecule has 1 atom stereocenters. The van der Waals surface area contributed by atoms with E-state index in [2.05, 4.69) is 0 Å². The molecule has 1 unspecified atom stereocenters. The normalized spacial score (nSPS) is 14.3. The molecule has 18 heavy (non-hydrogen) atoms. The zero-order valence-corrected chi connectivity index (χ0v) is 11.9. The lowest BCUT2D eigenvalue weighted by Crippen LogP contribution is -2.23. The zero-order valence-electron chi connectivity index (χ0n) is 9.62. The Labute approximate surface area is 121 Å². The van der Waals surface area contributed by atoms with Crippen LogP contribution in [-0.2, 0) is 5.60 Å². The molecule has 0 aliphatic carbocycles. The van der Waals surface area contributed by atoms with Gasteiger partial charge >= 0.3 is 0 Å². The molecule has 0 bridgehead atoms. The molecule has 0 saturated heterocycles. The summed E-state index contributed by atoms with van der Waals surface area (Å²) >= 11 is 17.9. The number of halogens is 3. The van der Waals surface area contributed by atoms with Gasteiger partial charge in [0.2, 0.25) is 0 Å².